The monoisotopic (exact) mass is 204 g/mol. The van der Waals surface area contributed by atoms with Crippen LogP contribution in [0.5, 0.6) is 0 Å². The molecule has 0 fully saturated rings. The number of rotatable bonds is 3. The zero-order valence-corrected chi connectivity index (χ0v) is 8.10. The van der Waals surface area contributed by atoms with Crippen LogP contribution in [-0.4, -0.2) is 16.1 Å². The highest BCUT2D eigenvalue weighted by atomic mass is 16.4. The average molecular weight is 204 g/mol. The summed E-state index contributed by atoms with van der Waals surface area (Å²) in [6.07, 6.45) is 1.72. The first kappa shape index (κ1) is 9.73. The van der Waals surface area contributed by atoms with E-state index in [1.165, 1.54) is 0 Å². The molecule has 0 radical (unpaired) electrons. The smallest absolute Gasteiger partial charge is 0.305 e. The van der Waals surface area contributed by atoms with Gasteiger partial charge in [0.1, 0.15) is 0 Å². The second-order valence-corrected chi connectivity index (χ2v) is 3.49. The maximum Gasteiger partial charge on any atom is 0.305 e. The molecule has 1 heterocycles. The highest BCUT2D eigenvalue weighted by Crippen LogP contribution is 2.24. The van der Waals surface area contributed by atoms with E-state index in [9.17, 15) is 4.79 Å². The number of carbonyl (C=O) groups is 1. The van der Waals surface area contributed by atoms with Crippen LogP contribution in [0.25, 0.3) is 10.9 Å². The number of aliphatic carboxylic acids is 1. The highest BCUT2D eigenvalue weighted by molar-refractivity contribution is 5.84. The van der Waals surface area contributed by atoms with Crippen molar-refractivity contribution in [3.05, 3.63) is 36.0 Å². The molecule has 0 spiro atoms. The Morgan fingerprint density at radius 2 is 2.20 bits per heavy atom. The van der Waals surface area contributed by atoms with Crippen molar-refractivity contribution >= 4 is 16.9 Å². The van der Waals surface area contributed by atoms with Gasteiger partial charge in [-0.15, -0.1) is 0 Å². The Morgan fingerprint density at radius 3 is 2.93 bits per heavy atom. The summed E-state index contributed by atoms with van der Waals surface area (Å²) in [4.78, 5) is 13.6. The van der Waals surface area contributed by atoms with Crippen LogP contribution in [0.2, 0.25) is 0 Å². The highest BCUT2D eigenvalue weighted by Gasteiger charge is 2.14. The van der Waals surface area contributed by atoms with Crippen molar-refractivity contribution in [2.75, 3.05) is 0 Å². The second kappa shape index (κ2) is 3.74. The summed E-state index contributed by atoms with van der Waals surface area (Å²) in [7, 11) is 0. The SMILES string of the molecule is N[C@H](CC(=O)O)c1c[nH]c2ccccc12. The molecule has 0 aliphatic rings. The van der Waals surface area contributed by atoms with E-state index < -0.39 is 12.0 Å². The molecule has 0 aliphatic carbocycles. The van der Waals surface area contributed by atoms with E-state index in [-0.39, 0.29) is 6.42 Å². The summed E-state index contributed by atoms with van der Waals surface area (Å²) >= 11 is 0. The Kier molecular flexibility index (Phi) is 2.43. The Labute approximate surface area is 86.7 Å². The van der Waals surface area contributed by atoms with Gasteiger partial charge in [0.05, 0.1) is 6.42 Å². The molecule has 4 heteroatoms. The molecule has 1 aromatic heterocycles. The number of nitrogens with one attached hydrogen (secondary N) is 1. The third-order valence-corrected chi connectivity index (χ3v) is 2.42. The summed E-state index contributed by atoms with van der Waals surface area (Å²) in [6, 6.07) is 7.24. The van der Waals surface area contributed by atoms with Crippen LogP contribution in [0.3, 0.4) is 0 Å². The van der Waals surface area contributed by atoms with E-state index in [2.05, 4.69) is 4.98 Å². The molecule has 4 nitrogen and oxygen atoms in total. The third-order valence-electron chi connectivity index (χ3n) is 2.42. The molecule has 2 aromatic rings. The molecule has 1 aromatic carbocycles. The number of aromatic nitrogens is 1. The van der Waals surface area contributed by atoms with Gasteiger partial charge in [0.15, 0.2) is 0 Å². The van der Waals surface area contributed by atoms with Crippen molar-refractivity contribution in [1.29, 1.82) is 0 Å². The quantitative estimate of drug-likeness (QED) is 0.711. The third kappa shape index (κ3) is 1.85. The van der Waals surface area contributed by atoms with Crippen LogP contribution >= 0.6 is 0 Å². The number of hydrogen-bond donors (Lipinski definition) is 3. The van der Waals surface area contributed by atoms with Crippen LogP contribution in [0.4, 0.5) is 0 Å². The second-order valence-electron chi connectivity index (χ2n) is 3.49. The molecule has 4 N–H and O–H groups in total. The minimum Gasteiger partial charge on any atom is -0.481 e. The van der Waals surface area contributed by atoms with Crippen LogP contribution in [0.15, 0.2) is 30.5 Å². The van der Waals surface area contributed by atoms with Gasteiger partial charge < -0.3 is 15.8 Å². The van der Waals surface area contributed by atoms with E-state index in [1.54, 1.807) is 6.20 Å². The molecule has 0 saturated heterocycles. The lowest BCUT2D eigenvalue weighted by molar-refractivity contribution is -0.137. The molecular weight excluding hydrogens is 192 g/mol. The molecule has 2 rings (SSSR count). The molecule has 15 heavy (non-hydrogen) atoms. The number of fused-ring (bicyclic) bond motifs is 1. The molecule has 0 unspecified atom stereocenters. The Balaban J connectivity index is 2.39. The standard InChI is InChI=1S/C11H12N2O2/c12-9(5-11(14)15)8-6-13-10-4-2-1-3-7(8)10/h1-4,6,9,13H,5,12H2,(H,14,15)/t9-/m1/s1. The van der Waals surface area contributed by atoms with E-state index in [4.69, 9.17) is 10.8 Å². The Bertz CT molecular complexity index is 490. The summed E-state index contributed by atoms with van der Waals surface area (Å²) in [5.41, 5.74) is 7.64. The largest absolute Gasteiger partial charge is 0.481 e. The zero-order valence-electron chi connectivity index (χ0n) is 8.10. The molecule has 0 amide bonds. The Morgan fingerprint density at radius 1 is 1.47 bits per heavy atom. The topological polar surface area (TPSA) is 79.1 Å². The van der Waals surface area contributed by atoms with Crippen LogP contribution in [-0.2, 0) is 4.79 Å². The minimum atomic E-state index is -0.882. The van der Waals surface area contributed by atoms with E-state index in [0.29, 0.717) is 0 Å². The van der Waals surface area contributed by atoms with Gasteiger partial charge in [0.2, 0.25) is 0 Å². The fraction of sp³-hybridized carbons (Fsp3) is 0.182. The van der Waals surface area contributed by atoms with E-state index >= 15 is 0 Å². The zero-order chi connectivity index (χ0) is 10.8. The number of para-hydroxylation sites is 1. The van der Waals surface area contributed by atoms with Gasteiger partial charge in [-0.2, -0.15) is 0 Å². The number of benzene rings is 1. The normalized spacial score (nSPS) is 12.9. The van der Waals surface area contributed by atoms with Gasteiger partial charge in [-0.25, -0.2) is 0 Å². The Hall–Kier alpha value is -1.81. The first-order valence-electron chi connectivity index (χ1n) is 4.72. The van der Waals surface area contributed by atoms with Crippen LogP contribution < -0.4 is 5.73 Å². The van der Waals surface area contributed by atoms with Crippen LogP contribution in [0.1, 0.15) is 18.0 Å². The molecule has 1 atom stereocenters. The summed E-state index contributed by atoms with van der Waals surface area (Å²) in [5.74, 6) is -0.882. The fourth-order valence-corrected chi connectivity index (χ4v) is 1.70. The van der Waals surface area contributed by atoms with Gasteiger partial charge in [-0.05, 0) is 11.6 Å². The molecule has 0 saturated carbocycles. The lowest BCUT2D eigenvalue weighted by atomic mass is 10.0. The number of H-pyrrole nitrogens is 1. The molecule has 0 aliphatic heterocycles. The maximum atomic E-state index is 10.6. The van der Waals surface area contributed by atoms with Gasteiger partial charge >= 0.3 is 5.97 Å². The predicted molar refractivity (Wildman–Crippen MR) is 57.5 cm³/mol. The van der Waals surface area contributed by atoms with Crippen molar-refractivity contribution in [3.8, 4) is 0 Å². The maximum absolute atomic E-state index is 10.6. The summed E-state index contributed by atoms with van der Waals surface area (Å²) < 4.78 is 0. The average Bonchev–Trinajstić information content (AvgIpc) is 2.59. The molecule has 78 valence electrons. The first-order chi connectivity index (χ1) is 7.18. The van der Waals surface area contributed by atoms with Crippen molar-refractivity contribution in [1.82, 2.24) is 4.98 Å². The summed E-state index contributed by atoms with van der Waals surface area (Å²) in [5, 5.41) is 9.66. The predicted octanol–water partition coefficient (Wildman–Crippen LogP) is 1.64. The van der Waals surface area contributed by atoms with E-state index in [0.717, 1.165) is 16.5 Å². The van der Waals surface area contributed by atoms with Crippen molar-refractivity contribution in [2.45, 2.75) is 12.5 Å². The number of aromatic amines is 1. The van der Waals surface area contributed by atoms with Gasteiger partial charge in [-0.1, -0.05) is 18.2 Å². The lowest BCUT2D eigenvalue weighted by Gasteiger charge is -2.06. The van der Waals surface area contributed by atoms with E-state index in [1.807, 2.05) is 24.3 Å². The van der Waals surface area contributed by atoms with Gasteiger partial charge in [-0.3, -0.25) is 4.79 Å². The lowest BCUT2D eigenvalue weighted by Crippen LogP contribution is -2.14. The summed E-state index contributed by atoms with van der Waals surface area (Å²) in [6.45, 7) is 0. The fourth-order valence-electron chi connectivity index (χ4n) is 1.70. The molecular formula is C11H12N2O2. The minimum absolute atomic E-state index is 0.0537. The number of nitrogens with two attached hydrogens (primary N) is 1. The first-order valence-corrected chi connectivity index (χ1v) is 4.72. The van der Waals surface area contributed by atoms with Crippen molar-refractivity contribution < 1.29 is 9.90 Å². The van der Waals surface area contributed by atoms with Gasteiger partial charge in [0.25, 0.3) is 0 Å². The van der Waals surface area contributed by atoms with Crippen LogP contribution in [0, 0.1) is 0 Å². The van der Waals surface area contributed by atoms with Gasteiger partial charge in [0, 0.05) is 23.1 Å². The molecule has 0 bridgehead atoms. The van der Waals surface area contributed by atoms with Crippen molar-refractivity contribution in [2.24, 2.45) is 5.73 Å². The number of carboxylic acids is 1. The number of hydrogen-bond acceptors (Lipinski definition) is 2. The van der Waals surface area contributed by atoms with Crippen molar-refractivity contribution in [3.63, 3.8) is 0 Å². The number of carboxylic acid groups (broad SMARTS) is 1.